The molecule has 0 unspecified atom stereocenters. The minimum atomic E-state index is -0.0615. The number of likely N-dealkylation sites (tertiary alicyclic amines) is 1. The van der Waals surface area contributed by atoms with Gasteiger partial charge in [-0.25, -0.2) is 0 Å². The molecule has 0 atom stereocenters. The van der Waals surface area contributed by atoms with Crippen LogP contribution in [0.5, 0.6) is 0 Å². The third-order valence-electron chi connectivity index (χ3n) is 7.46. The summed E-state index contributed by atoms with van der Waals surface area (Å²) in [6.07, 6.45) is 10.2. The number of benzene rings is 2. The maximum absolute atomic E-state index is 13.1. The van der Waals surface area contributed by atoms with Gasteiger partial charge in [0.15, 0.2) is 0 Å². The molecule has 0 bridgehead atoms. The van der Waals surface area contributed by atoms with Gasteiger partial charge in [0.05, 0.1) is 6.54 Å². The Balaban J connectivity index is 0.00000103. The summed E-state index contributed by atoms with van der Waals surface area (Å²) in [4.78, 5) is 39.3. The van der Waals surface area contributed by atoms with Crippen molar-refractivity contribution >= 4 is 30.0 Å². The summed E-state index contributed by atoms with van der Waals surface area (Å²) in [7, 11) is 1.60. The number of carbonyl (C=O) groups is 3. The number of piperidine rings is 1. The van der Waals surface area contributed by atoms with E-state index in [0.717, 1.165) is 38.5 Å². The van der Waals surface area contributed by atoms with E-state index in [1.807, 2.05) is 37.7 Å². The fourth-order valence-electron chi connectivity index (χ4n) is 4.74. The molecule has 240 valence electrons. The summed E-state index contributed by atoms with van der Waals surface area (Å²) in [5.74, 6) is -0.00159. The molecule has 0 aromatic heterocycles. The highest BCUT2D eigenvalue weighted by atomic mass is 32.2. The first-order chi connectivity index (χ1) is 20.6. The molecule has 2 aromatic carbocycles. The summed E-state index contributed by atoms with van der Waals surface area (Å²) in [5, 5.41) is 3.35. The summed E-state index contributed by atoms with van der Waals surface area (Å²) in [6, 6.07) is 21.2. The van der Waals surface area contributed by atoms with Crippen molar-refractivity contribution in [3.8, 4) is 0 Å². The van der Waals surface area contributed by atoms with Crippen molar-refractivity contribution in [3.05, 3.63) is 71.8 Å². The lowest BCUT2D eigenvalue weighted by molar-refractivity contribution is -0.138. The molecule has 3 rings (SSSR count). The Morgan fingerprint density at radius 3 is 1.77 bits per heavy atom. The van der Waals surface area contributed by atoms with Crippen molar-refractivity contribution in [2.75, 3.05) is 32.9 Å². The number of likely N-dealkylation sites (N-methyl/N-ethyl adjacent to an activating group) is 1. The molecule has 0 radical (unpaired) electrons. The SMILES string of the molecule is CC.CN(C=O)CC(=O)N1CCC(C(=O)NC(CCCc2ccccc2)CCCc2ccccc2)CC1.CSC(C)(C)C. The van der Waals surface area contributed by atoms with Crippen molar-refractivity contribution in [3.63, 3.8) is 0 Å². The van der Waals surface area contributed by atoms with E-state index in [9.17, 15) is 14.4 Å². The minimum Gasteiger partial charge on any atom is -0.353 e. The van der Waals surface area contributed by atoms with Crippen LogP contribution in [-0.4, -0.2) is 71.8 Å². The predicted octanol–water partition coefficient (Wildman–Crippen LogP) is 7.02. The number of hydrogen-bond donors (Lipinski definition) is 1. The molecule has 1 N–H and O–H groups in total. The van der Waals surface area contributed by atoms with Crippen molar-refractivity contribution < 1.29 is 14.4 Å². The smallest absolute Gasteiger partial charge is 0.242 e. The third kappa shape index (κ3) is 17.2. The van der Waals surface area contributed by atoms with E-state index in [1.54, 1.807) is 11.9 Å². The maximum Gasteiger partial charge on any atom is 0.242 e. The molecular weight excluding hydrogens is 554 g/mol. The average Bonchev–Trinajstić information content (AvgIpc) is 3.03. The standard InChI is InChI=1S/C29H39N3O3.C5H12S.C2H6/c1-31(23-33)22-28(34)32-20-18-26(19-21-32)29(35)30-27(16-8-14-24-10-4-2-5-11-24)17-9-15-25-12-6-3-7-13-25;1-5(2,3)6-4;1-2/h2-7,10-13,23,26-27H,8-9,14-22H2,1H3,(H,30,35);1-4H3;1-2H3. The molecule has 1 saturated heterocycles. The zero-order valence-electron chi connectivity index (χ0n) is 27.8. The van der Waals surface area contributed by atoms with Gasteiger partial charge in [-0.1, -0.05) is 95.3 Å². The lowest BCUT2D eigenvalue weighted by Gasteiger charge is -2.33. The van der Waals surface area contributed by atoms with Gasteiger partial charge < -0.3 is 15.1 Å². The van der Waals surface area contributed by atoms with E-state index < -0.39 is 0 Å². The monoisotopic (exact) mass is 611 g/mol. The van der Waals surface area contributed by atoms with Crippen molar-refractivity contribution in [2.24, 2.45) is 5.92 Å². The summed E-state index contributed by atoms with van der Waals surface area (Å²) in [5.41, 5.74) is 2.67. The van der Waals surface area contributed by atoms with E-state index in [2.05, 4.69) is 80.9 Å². The van der Waals surface area contributed by atoms with Crippen molar-refractivity contribution in [1.29, 1.82) is 0 Å². The Kier molecular flexibility index (Phi) is 19.4. The number of aryl methyl sites for hydroxylation is 2. The molecule has 0 spiro atoms. The van der Waals surface area contributed by atoms with E-state index in [1.165, 1.54) is 16.0 Å². The van der Waals surface area contributed by atoms with Crippen LogP contribution < -0.4 is 5.32 Å². The maximum atomic E-state index is 13.1. The molecule has 1 fully saturated rings. The van der Waals surface area contributed by atoms with E-state index in [-0.39, 0.29) is 30.3 Å². The van der Waals surface area contributed by atoms with Crippen LogP contribution in [0, 0.1) is 5.92 Å². The number of nitrogens with one attached hydrogen (secondary N) is 1. The molecule has 2 aromatic rings. The molecule has 1 heterocycles. The Hall–Kier alpha value is -2.80. The molecular formula is C36H57N3O3S. The lowest BCUT2D eigenvalue weighted by Crippen LogP contribution is -2.47. The van der Waals surface area contributed by atoms with Crippen LogP contribution in [0.2, 0.25) is 0 Å². The minimum absolute atomic E-state index is 0.0573. The van der Waals surface area contributed by atoms with Crippen LogP contribution in [0.1, 0.15) is 84.3 Å². The second-order valence-corrected chi connectivity index (χ2v) is 13.6. The van der Waals surface area contributed by atoms with Gasteiger partial charge in [-0.3, -0.25) is 14.4 Å². The van der Waals surface area contributed by atoms with Crippen molar-refractivity contribution in [1.82, 2.24) is 15.1 Å². The number of nitrogens with zero attached hydrogens (tertiary/aromatic N) is 2. The van der Waals surface area contributed by atoms with Gasteiger partial charge >= 0.3 is 0 Å². The van der Waals surface area contributed by atoms with Gasteiger partial charge in [-0.05, 0) is 68.7 Å². The Labute approximate surface area is 266 Å². The molecule has 1 aliphatic rings. The van der Waals surface area contributed by atoms with Crippen LogP contribution in [0.15, 0.2) is 60.7 Å². The number of amides is 3. The van der Waals surface area contributed by atoms with Crippen LogP contribution in [0.4, 0.5) is 0 Å². The quantitative estimate of drug-likeness (QED) is 0.247. The van der Waals surface area contributed by atoms with Crippen LogP contribution >= 0.6 is 11.8 Å². The van der Waals surface area contributed by atoms with Gasteiger partial charge in [-0.2, -0.15) is 11.8 Å². The second-order valence-electron chi connectivity index (χ2n) is 12.0. The first-order valence-corrected chi connectivity index (χ1v) is 17.2. The van der Waals surface area contributed by atoms with Gasteiger partial charge in [0, 0.05) is 36.8 Å². The highest BCUT2D eigenvalue weighted by molar-refractivity contribution is 7.99. The van der Waals surface area contributed by atoms with Gasteiger partial charge in [0.1, 0.15) is 0 Å². The van der Waals surface area contributed by atoms with Crippen LogP contribution in [0.3, 0.4) is 0 Å². The number of rotatable bonds is 13. The number of hydrogen-bond acceptors (Lipinski definition) is 4. The Bertz CT molecular complexity index is 974. The Morgan fingerprint density at radius 2 is 1.37 bits per heavy atom. The molecule has 1 aliphatic heterocycles. The normalized spacial score (nSPS) is 13.3. The first kappa shape index (κ1) is 38.2. The van der Waals surface area contributed by atoms with Crippen LogP contribution in [-0.2, 0) is 27.2 Å². The Morgan fingerprint density at radius 1 is 0.930 bits per heavy atom. The summed E-state index contributed by atoms with van der Waals surface area (Å²) in [6.45, 7) is 11.8. The van der Waals surface area contributed by atoms with E-state index in [4.69, 9.17) is 0 Å². The molecule has 6 nitrogen and oxygen atoms in total. The molecule has 3 amide bonds. The molecule has 0 aliphatic carbocycles. The van der Waals surface area contributed by atoms with Crippen molar-refractivity contribution in [2.45, 2.75) is 96.8 Å². The fourth-order valence-corrected chi connectivity index (χ4v) is 4.74. The molecule has 0 saturated carbocycles. The van der Waals surface area contributed by atoms with Gasteiger partial charge in [0.2, 0.25) is 18.2 Å². The van der Waals surface area contributed by atoms with E-state index >= 15 is 0 Å². The predicted molar refractivity (Wildman–Crippen MR) is 183 cm³/mol. The number of thioether (sulfide) groups is 1. The third-order valence-corrected chi connectivity index (χ3v) is 8.69. The zero-order chi connectivity index (χ0) is 32.1. The van der Waals surface area contributed by atoms with E-state index in [0.29, 0.717) is 37.1 Å². The summed E-state index contributed by atoms with van der Waals surface area (Å²) < 4.78 is 0.458. The molecule has 7 heteroatoms. The van der Waals surface area contributed by atoms with Gasteiger partial charge in [0.25, 0.3) is 0 Å². The topological polar surface area (TPSA) is 69.7 Å². The highest BCUT2D eigenvalue weighted by Crippen LogP contribution is 2.20. The lowest BCUT2D eigenvalue weighted by atomic mass is 9.94. The zero-order valence-corrected chi connectivity index (χ0v) is 28.6. The summed E-state index contributed by atoms with van der Waals surface area (Å²) >= 11 is 1.88. The number of carbonyl (C=O) groups excluding carboxylic acids is 3. The largest absolute Gasteiger partial charge is 0.353 e. The highest BCUT2D eigenvalue weighted by Gasteiger charge is 2.28. The first-order valence-electron chi connectivity index (χ1n) is 16.0. The average molecular weight is 612 g/mol. The fraction of sp³-hybridized carbons (Fsp3) is 0.583. The molecule has 43 heavy (non-hydrogen) atoms. The second kappa shape index (κ2) is 21.8. The van der Waals surface area contributed by atoms with Gasteiger partial charge in [-0.15, -0.1) is 0 Å². The van der Waals surface area contributed by atoms with Crippen LogP contribution in [0.25, 0.3) is 0 Å².